The van der Waals surface area contributed by atoms with Crippen molar-refractivity contribution in [3.05, 3.63) is 0 Å². The second-order valence-electron chi connectivity index (χ2n) is 10.1. The minimum Gasteiger partial charge on any atom is -0.394 e. The molecule has 0 aromatic carbocycles. The fourth-order valence-electron chi connectivity index (χ4n) is 3.52. The highest BCUT2D eigenvalue weighted by Gasteiger charge is 2.43. The minimum atomic E-state index is -2.67. The van der Waals surface area contributed by atoms with E-state index in [1.54, 1.807) is 0 Å². The summed E-state index contributed by atoms with van der Waals surface area (Å²) < 4.78 is 30.7. The molecule has 0 atom stereocenters. The maximum atomic E-state index is 6.24. The van der Waals surface area contributed by atoms with Gasteiger partial charge in [-0.05, 0) is 121 Å². The summed E-state index contributed by atoms with van der Waals surface area (Å²) in [5.41, 5.74) is 0. The fourth-order valence-corrected chi connectivity index (χ4v) is 8.90. The Morgan fingerprint density at radius 1 is 0.545 bits per heavy atom. The van der Waals surface area contributed by atoms with Crippen molar-refractivity contribution in [2.75, 3.05) is 26.2 Å². The van der Waals surface area contributed by atoms with Gasteiger partial charge in [0, 0.05) is 36.6 Å². The largest absolute Gasteiger partial charge is 0.501 e. The predicted octanol–water partition coefficient (Wildman–Crippen LogP) is 4.62. The minimum absolute atomic E-state index is 0.0972. The molecule has 9 heteroatoms. The molecule has 7 nitrogen and oxygen atoms in total. The first-order valence-corrected chi connectivity index (χ1v) is 16.9. The summed E-state index contributed by atoms with van der Waals surface area (Å²) in [6, 6.07) is 1.90. The van der Waals surface area contributed by atoms with E-state index in [1.165, 1.54) is 0 Å². The van der Waals surface area contributed by atoms with E-state index in [1.807, 2.05) is 0 Å². The molecule has 0 fully saturated rings. The first-order chi connectivity index (χ1) is 15.5. The molecule has 0 aromatic rings. The summed E-state index contributed by atoms with van der Waals surface area (Å²) >= 11 is 0. The molecule has 0 aliphatic heterocycles. The Bertz CT molecular complexity index is 418. The van der Waals surface area contributed by atoms with Gasteiger partial charge in [-0.1, -0.05) is 0 Å². The Morgan fingerprint density at radius 3 is 1.33 bits per heavy atom. The molecular weight excluding hydrogens is 452 g/mol. The summed E-state index contributed by atoms with van der Waals surface area (Å²) in [5.74, 6) is 0. The van der Waals surface area contributed by atoms with Crippen molar-refractivity contribution < 1.29 is 22.1 Å². The van der Waals surface area contributed by atoms with E-state index >= 15 is 0 Å². The molecule has 0 aliphatic rings. The van der Waals surface area contributed by atoms with Gasteiger partial charge < -0.3 is 32.8 Å². The Balaban J connectivity index is 4.04. The molecule has 0 aromatic heterocycles. The lowest BCUT2D eigenvalue weighted by Gasteiger charge is -2.34. The van der Waals surface area contributed by atoms with Gasteiger partial charge in [0.15, 0.2) is 0 Å². The van der Waals surface area contributed by atoms with Crippen LogP contribution in [0, 0.1) is 0 Å². The van der Waals surface area contributed by atoms with Crippen molar-refractivity contribution in [3.63, 3.8) is 0 Å². The number of rotatable bonds is 22. The Labute approximate surface area is 208 Å². The first-order valence-electron chi connectivity index (χ1n) is 13.2. The maximum Gasteiger partial charge on any atom is 0.501 e. The molecule has 0 heterocycles. The van der Waals surface area contributed by atoms with Crippen LogP contribution in [0.1, 0.15) is 88.5 Å². The van der Waals surface area contributed by atoms with Crippen molar-refractivity contribution in [2.24, 2.45) is 0 Å². The monoisotopic (exact) mass is 508 g/mol. The highest BCUT2D eigenvalue weighted by molar-refractivity contribution is 6.60. The molecule has 0 amide bonds. The van der Waals surface area contributed by atoms with Crippen LogP contribution >= 0.6 is 0 Å². The molecule has 0 aliphatic carbocycles. The van der Waals surface area contributed by atoms with E-state index in [0.717, 1.165) is 57.5 Å². The third kappa shape index (κ3) is 20.1. The van der Waals surface area contributed by atoms with Gasteiger partial charge in [-0.3, -0.25) is 0 Å². The van der Waals surface area contributed by atoms with Crippen LogP contribution in [0.15, 0.2) is 0 Å². The summed E-state index contributed by atoms with van der Waals surface area (Å²) in [4.78, 5) is 0. The van der Waals surface area contributed by atoms with Crippen LogP contribution in [-0.4, -0.2) is 74.8 Å². The standard InChI is InChI=1S/C24H56N2O5Si2/c1-20(2)27-32(28-21(3)4)18-12-16-25-14-11-15-26-17-13-19-33(29-22(5)6,30-23(7)8)31-24(9)10/h20-26,32H,11-19H2,1-10H3. The SMILES string of the molecule is CC(C)O[SiH](CCCNCCCNCCC[Si](OC(C)C)(OC(C)C)OC(C)C)OC(C)C. The van der Waals surface area contributed by atoms with Gasteiger partial charge in [0.25, 0.3) is 0 Å². The number of hydrogen-bond acceptors (Lipinski definition) is 7. The fraction of sp³-hybridized carbons (Fsp3) is 1.00. The van der Waals surface area contributed by atoms with Gasteiger partial charge in [0.05, 0.1) is 0 Å². The zero-order valence-corrected chi connectivity index (χ0v) is 25.5. The van der Waals surface area contributed by atoms with Crippen molar-refractivity contribution in [3.8, 4) is 0 Å². The molecule has 0 bridgehead atoms. The van der Waals surface area contributed by atoms with Crippen LogP contribution in [-0.2, 0) is 22.1 Å². The molecule has 0 unspecified atom stereocenters. The molecular formula is C24H56N2O5Si2. The lowest BCUT2D eigenvalue weighted by atomic mass is 10.4. The van der Waals surface area contributed by atoms with Crippen molar-refractivity contribution in [1.82, 2.24) is 10.6 Å². The lowest BCUT2D eigenvalue weighted by molar-refractivity contribution is 0.00291. The Morgan fingerprint density at radius 2 is 0.939 bits per heavy atom. The van der Waals surface area contributed by atoms with E-state index in [2.05, 4.69) is 79.9 Å². The van der Waals surface area contributed by atoms with Crippen LogP contribution in [0.25, 0.3) is 0 Å². The van der Waals surface area contributed by atoms with Crippen LogP contribution in [0.5, 0.6) is 0 Å². The lowest BCUT2D eigenvalue weighted by Crippen LogP contribution is -2.50. The summed E-state index contributed by atoms with van der Waals surface area (Å²) in [5, 5.41) is 7.10. The topological polar surface area (TPSA) is 70.2 Å². The molecule has 33 heavy (non-hydrogen) atoms. The summed E-state index contributed by atoms with van der Waals surface area (Å²) in [6.07, 6.45) is 4.00. The molecule has 0 spiro atoms. The number of nitrogens with one attached hydrogen (secondary N) is 2. The molecule has 0 rings (SSSR count). The van der Waals surface area contributed by atoms with Crippen LogP contribution < -0.4 is 10.6 Å². The van der Waals surface area contributed by atoms with Crippen LogP contribution in [0.2, 0.25) is 12.1 Å². The zero-order valence-electron chi connectivity index (χ0n) is 23.4. The summed E-state index contributed by atoms with van der Waals surface area (Å²) in [7, 11) is -4.22. The second kappa shape index (κ2) is 19.4. The Kier molecular flexibility index (Phi) is 19.4. The van der Waals surface area contributed by atoms with Gasteiger partial charge in [-0.15, -0.1) is 0 Å². The zero-order chi connectivity index (χ0) is 25.3. The van der Waals surface area contributed by atoms with Gasteiger partial charge in [-0.25, -0.2) is 0 Å². The second-order valence-corrected chi connectivity index (χ2v) is 14.6. The van der Waals surface area contributed by atoms with Crippen LogP contribution in [0.3, 0.4) is 0 Å². The van der Waals surface area contributed by atoms with Gasteiger partial charge in [0.1, 0.15) is 0 Å². The molecule has 200 valence electrons. The smallest absolute Gasteiger partial charge is 0.394 e. The Hall–Kier alpha value is 0.154. The third-order valence-electron chi connectivity index (χ3n) is 4.43. The number of hydrogen-bond donors (Lipinski definition) is 2. The predicted molar refractivity (Wildman–Crippen MR) is 143 cm³/mol. The van der Waals surface area contributed by atoms with Gasteiger partial charge >= 0.3 is 18.1 Å². The van der Waals surface area contributed by atoms with Gasteiger partial charge in [0.2, 0.25) is 0 Å². The highest BCUT2D eigenvalue weighted by atomic mass is 28.4. The summed E-state index contributed by atoms with van der Waals surface area (Å²) in [6.45, 7) is 24.7. The third-order valence-corrected chi connectivity index (χ3v) is 10.5. The van der Waals surface area contributed by atoms with Crippen molar-refractivity contribution in [2.45, 2.75) is 131 Å². The van der Waals surface area contributed by atoms with Crippen molar-refractivity contribution >= 4 is 18.1 Å². The van der Waals surface area contributed by atoms with E-state index in [-0.39, 0.29) is 30.5 Å². The molecule has 0 saturated carbocycles. The quantitative estimate of drug-likeness (QED) is 0.163. The molecule has 0 saturated heterocycles. The first kappa shape index (κ1) is 33.2. The van der Waals surface area contributed by atoms with E-state index < -0.39 is 18.1 Å². The van der Waals surface area contributed by atoms with E-state index in [9.17, 15) is 0 Å². The van der Waals surface area contributed by atoms with Crippen molar-refractivity contribution in [1.29, 1.82) is 0 Å². The molecule has 0 radical (unpaired) electrons. The molecule has 2 N–H and O–H groups in total. The normalized spacial score (nSPS) is 13.1. The maximum absolute atomic E-state index is 6.24. The van der Waals surface area contributed by atoms with Crippen LogP contribution in [0.4, 0.5) is 0 Å². The average Bonchev–Trinajstić information content (AvgIpc) is 2.63. The highest BCUT2D eigenvalue weighted by Crippen LogP contribution is 2.23. The van der Waals surface area contributed by atoms with E-state index in [0.29, 0.717) is 0 Å². The van der Waals surface area contributed by atoms with Gasteiger partial charge in [-0.2, -0.15) is 0 Å². The van der Waals surface area contributed by atoms with E-state index in [4.69, 9.17) is 22.1 Å². The average molecular weight is 509 g/mol.